The fraction of sp³-hybridized carbons (Fsp3) is 0.923. The lowest BCUT2D eigenvalue weighted by atomic mass is 9.83. The normalized spacial score (nSPS) is 20.9. The lowest BCUT2D eigenvalue weighted by molar-refractivity contribution is -0.148. The molecule has 0 bridgehead atoms. The molecule has 0 spiro atoms. The number of hydrogen-bond donors (Lipinski definition) is 2. The quantitative estimate of drug-likeness (QED) is 0.761. The van der Waals surface area contributed by atoms with Gasteiger partial charge in [-0.25, -0.2) is 0 Å². The van der Waals surface area contributed by atoms with E-state index < -0.39 is 12.2 Å². The van der Waals surface area contributed by atoms with Gasteiger partial charge in [0.15, 0.2) is 6.10 Å². The van der Waals surface area contributed by atoms with Crippen molar-refractivity contribution in [1.29, 1.82) is 0 Å². The maximum absolute atomic E-state index is 11.9. The van der Waals surface area contributed by atoms with Crippen molar-refractivity contribution in [2.75, 3.05) is 13.1 Å². The minimum absolute atomic E-state index is 0.0817. The van der Waals surface area contributed by atoms with Gasteiger partial charge >= 0.3 is 0 Å². The number of amides is 1. The van der Waals surface area contributed by atoms with Crippen molar-refractivity contribution in [3.8, 4) is 0 Å². The van der Waals surface area contributed by atoms with Crippen molar-refractivity contribution in [2.45, 2.75) is 58.2 Å². The molecule has 4 heteroatoms. The summed E-state index contributed by atoms with van der Waals surface area (Å²) < 4.78 is 0. The molecule has 1 saturated carbocycles. The topological polar surface area (TPSA) is 60.8 Å². The van der Waals surface area contributed by atoms with Crippen molar-refractivity contribution < 1.29 is 15.0 Å². The number of likely N-dealkylation sites (N-methyl/N-ethyl adjacent to an activating group) is 1. The number of nitrogens with zero attached hydrogens (tertiary/aromatic N) is 1. The molecule has 1 aliphatic rings. The molecule has 17 heavy (non-hydrogen) atoms. The third-order valence-electron chi connectivity index (χ3n) is 3.78. The Hall–Kier alpha value is -0.610. The van der Waals surface area contributed by atoms with E-state index in [2.05, 4.69) is 0 Å². The zero-order valence-electron chi connectivity index (χ0n) is 10.9. The summed E-state index contributed by atoms with van der Waals surface area (Å²) in [4.78, 5) is 13.5. The first-order valence-corrected chi connectivity index (χ1v) is 6.76. The zero-order chi connectivity index (χ0) is 12.8. The number of carbonyl (C=O) groups is 1. The van der Waals surface area contributed by atoms with Crippen molar-refractivity contribution in [3.05, 3.63) is 0 Å². The number of rotatable bonds is 5. The summed E-state index contributed by atoms with van der Waals surface area (Å²) in [6.45, 7) is 4.90. The maximum atomic E-state index is 11.9. The highest BCUT2D eigenvalue weighted by Gasteiger charge is 2.33. The van der Waals surface area contributed by atoms with Crippen LogP contribution in [0.2, 0.25) is 0 Å². The first kappa shape index (κ1) is 14.5. The Bertz CT molecular complexity index is 235. The van der Waals surface area contributed by atoms with Gasteiger partial charge in [0.2, 0.25) is 0 Å². The van der Waals surface area contributed by atoms with E-state index in [-0.39, 0.29) is 11.8 Å². The standard InChI is InChI=1S/C13H25NO3/c1-3-14(4-2)13(17)12(16)11(15)10-8-6-5-7-9-10/h10-12,15-16H,3-9H2,1-2H3/t11-,12+/m1/s1. The molecule has 0 aromatic rings. The molecule has 1 fully saturated rings. The van der Waals surface area contributed by atoms with Crippen molar-refractivity contribution >= 4 is 5.91 Å². The van der Waals surface area contributed by atoms with Crippen LogP contribution in [0.4, 0.5) is 0 Å². The molecule has 0 aromatic heterocycles. The van der Waals surface area contributed by atoms with Crippen LogP contribution in [-0.2, 0) is 4.79 Å². The monoisotopic (exact) mass is 243 g/mol. The molecule has 0 heterocycles. The first-order chi connectivity index (χ1) is 8.11. The molecule has 1 aliphatic carbocycles. The zero-order valence-corrected chi connectivity index (χ0v) is 10.9. The van der Waals surface area contributed by atoms with Crippen LogP contribution in [0.5, 0.6) is 0 Å². The number of aliphatic hydroxyl groups excluding tert-OH is 2. The molecule has 0 unspecified atom stereocenters. The molecule has 2 atom stereocenters. The lowest BCUT2D eigenvalue weighted by Crippen LogP contribution is -2.47. The third-order valence-corrected chi connectivity index (χ3v) is 3.78. The molecular formula is C13H25NO3. The molecule has 0 aromatic carbocycles. The Kier molecular flexibility index (Phi) is 5.92. The van der Waals surface area contributed by atoms with Crippen LogP contribution in [0.15, 0.2) is 0 Å². The summed E-state index contributed by atoms with van der Waals surface area (Å²) in [5.41, 5.74) is 0. The average Bonchev–Trinajstić information content (AvgIpc) is 2.39. The van der Waals surface area contributed by atoms with E-state index in [1.807, 2.05) is 13.8 Å². The van der Waals surface area contributed by atoms with Gasteiger partial charge in [0.1, 0.15) is 0 Å². The molecule has 100 valence electrons. The second-order valence-electron chi connectivity index (χ2n) is 4.84. The summed E-state index contributed by atoms with van der Waals surface area (Å²) in [5, 5.41) is 20.0. The minimum atomic E-state index is -1.25. The van der Waals surface area contributed by atoms with Crippen LogP contribution in [0.3, 0.4) is 0 Å². The summed E-state index contributed by atoms with van der Waals surface area (Å²) in [6, 6.07) is 0. The third kappa shape index (κ3) is 3.68. The van der Waals surface area contributed by atoms with Gasteiger partial charge in [0, 0.05) is 13.1 Å². The van der Waals surface area contributed by atoms with Gasteiger partial charge in [0.05, 0.1) is 6.10 Å². The maximum Gasteiger partial charge on any atom is 0.254 e. The van der Waals surface area contributed by atoms with Gasteiger partial charge in [-0.05, 0) is 32.6 Å². The minimum Gasteiger partial charge on any atom is -0.390 e. The van der Waals surface area contributed by atoms with Crippen LogP contribution >= 0.6 is 0 Å². The SMILES string of the molecule is CCN(CC)C(=O)[C@@H](O)[C@H](O)C1CCCCC1. The van der Waals surface area contributed by atoms with E-state index in [4.69, 9.17) is 0 Å². The summed E-state index contributed by atoms with van der Waals surface area (Å²) in [5.74, 6) is -0.258. The Morgan fingerprint density at radius 3 is 2.18 bits per heavy atom. The lowest BCUT2D eigenvalue weighted by Gasteiger charge is -2.31. The fourth-order valence-electron chi connectivity index (χ4n) is 2.60. The largest absolute Gasteiger partial charge is 0.390 e. The molecule has 0 aliphatic heterocycles. The average molecular weight is 243 g/mol. The van der Waals surface area contributed by atoms with Crippen LogP contribution in [-0.4, -0.2) is 46.3 Å². The molecular weight excluding hydrogens is 218 g/mol. The van der Waals surface area contributed by atoms with E-state index in [9.17, 15) is 15.0 Å². The van der Waals surface area contributed by atoms with E-state index in [0.29, 0.717) is 13.1 Å². The Morgan fingerprint density at radius 1 is 1.18 bits per heavy atom. The van der Waals surface area contributed by atoms with Crippen LogP contribution in [0, 0.1) is 5.92 Å². The highest BCUT2D eigenvalue weighted by Crippen LogP contribution is 2.28. The van der Waals surface area contributed by atoms with Gasteiger partial charge in [-0.2, -0.15) is 0 Å². The molecule has 4 nitrogen and oxygen atoms in total. The second-order valence-corrected chi connectivity index (χ2v) is 4.84. The van der Waals surface area contributed by atoms with Gasteiger partial charge < -0.3 is 15.1 Å². The van der Waals surface area contributed by atoms with Crippen molar-refractivity contribution in [1.82, 2.24) is 4.90 Å². The van der Waals surface area contributed by atoms with Gasteiger partial charge in [-0.1, -0.05) is 19.3 Å². The van der Waals surface area contributed by atoms with Gasteiger partial charge in [0.25, 0.3) is 5.91 Å². The highest BCUT2D eigenvalue weighted by molar-refractivity contribution is 5.81. The van der Waals surface area contributed by atoms with E-state index in [1.165, 1.54) is 6.42 Å². The fourth-order valence-corrected chi connectivity index (χ4v) is 2.60. The summed E-state index contributed by atoms with van der Waals surface area (Å²) >= 11 is 0. The second kappa shape index (κ2) is 6.97. The molecule has 1 rings (SSSR count). The van der Waals surface area contributed by atoms with E-state index in [0.717, 1.165) is 25.7 Å². The molecule has 2 N–H and O–H groups in total. The highest BCUT2D eigenvalue weighted by atomic mass is 16.3. The van der Waals surface area contributed by atoms with Gasteiger partial charge in [-0.3, -0.25) is 4.79 Å². The Balaban J connectivity index is 2.54. The van der Waals surface area contributed by atoms with Crippen LogP contribution in [0.25, 0.3) is 0 Å². The smallest absolute Gasteiger partial charge is 0.254 e. The van der Waals surface area contributed by atoms with Crippen molar-refractivity contribution in [2.24, 2.45) is 5.92 Å². The van der Waals surface area contributed by atoms with E-state index in [1.54, 1.807) is 4.90 Å². The Labute approximate surface area is 104 Å². The number of carbonyl (C=O) groups excluding carboxylic acids is 1. The summed E-state index contributed by atoms with van der Waals surface area (Å²) in [7, 11) is 0. The molecule has 1 amide bonds. The Morgan fingerprint density at radius 2 is 1.71 bits per heavy atom. The van der Waals surface area contributed by atoms with Crippen LogP contribution in [0.1, 0.15) is 46.0 Å². The number of aliphatic hydroxyl groups is 2. The number of hydrogen-bond acceptors (Lipinski definition) is 3. The molecule has 0 radical (unpaired) electrons. The van der Waals surface area contributed by atoms with Crippen LogP contribution < -0.4 is 0 Å². The van der Waals surface area contributed by atoms with Gasteiger partial charge in [-0.15, -0.1) is 0 Å². The van der Waals surface area contributed by atoms with Crippen molar-refractivity contribution in [3.63, 3.8) is 0 Å². The predicted molar refractivity (Wildman–Crippen MR) is 66.5 cm³/mol. The molecule has 0 saturated heterocycles. The predicted octanol–water partition coefficient (Wildman–Crippen LogP) is 1.16. The van der Waals surface area contributed by atoms with E-state index >= 15 is 0 Å². The first-order valence-electron chi connectivity index (χ1n) is 6.76. The summed E-state index contributed by atoms with van der Waals surface area (Å²) in [6.07, 6.45) is 3.07.